The van der Waals surface area contributed by atoms with Crippen LogP contribution in [-0.2, 0) is 13.0 Å². The number of hydrogen-bond donors (Lipinski definition) is 1. The molecule has 0 saturated heterocycles. The molecule has 0 radical (unpaired) electrons. The number of halogens is 2. The molecular weight excluding hydrogens is 342 g/mol. The van der Waals surface area contributed by atoms with Gasteiger partial charge < -0.3 is 5.32 Å². The summed E-state index contributed by atoms with van der Waals surface area (Å²) in [6, 6.07) is 10.9. The normalized spacial score (nSPS) is 12.6. The predicted molar refractivity (Wildman–Crippen MR) is 88.2 cm³/mol. The molecule has 0 aliphatic rings. The number of hydrogen-bond acceptors (Lipinski definition) is 2. The molecule has 0 fully saturated rings. The van der Waals surface area contributed by atoms with Gasteiger partial charge in [0.1, 0.15) is 0 Å². The third-order valence-electron chi connectivity index (χ3n) is 2.96. The molecule has 2 aromatic rings. The van der Waals surface area contributed by atoms with Crippen LogP contribution in [0.2, 0.25) is 5.02 Å². The highest BCUT2D eigenvalue weighted by Crippen LogP contribution is 2.21. The van der Waals surface area contributed by atoms with Crippen molar-refractivity contribution in [2.75, 3.05) is 0 Å². The van der Waals surface area contributed by atoms with Gasteiger partial charge in [0.05, 0.1) is 0 Å². The summed E-state index contributed by atoms with van der Waals surface area (Å²) in [6.45, 7) is 5.16. The van der Waals surface area contributed by atoms with E-state index in [9.17, 15) is 0 Å². The molecule has 0 saturated carbocycles. The molecule has 0 spiro atoms. The van der Waals surface area contributed by atoms with Gasteiger partial charge in [-0.3, -0.25) is 0 Å². The summed E-state index contributed by atoms with van der Waals surface area (Å²) in [6.07, 6.45) is 1.06. The van der Waals surface area contributed by atoms with Crippen LogP contribution in [0.15, 0.2) is 34.8 Å². The maximum Gasteiger partial charge on any atom is 0.0462 e. The number of thiophene rings is 1. The Morgan fingerprint density at radius 2 is 2.11 bits per heavy atom. The Kier molecular flexibility index (Phi) is 5.46. The summed E-state index contributed by atoms with van der Waals surface area (Å²) in [5, 5.41) is 4.33. The molecule has 0 bridgehead atoms. The molecule has 1 aromatic carbocycles. The first-order chi connectivity index (χ1) is 9.04. The fourth-order valence-corrected chi connectivity index (χ4v) is 3.68. The monoisotopic (exact) mass is 357 g/mol. The molecule has 4 heteroatoms. The van der Waals surface area contributed by atoms with Gasteiger partial charge in [-0.05, 0) is 50.1 Å². The quantitative estimate of drug-likeness (QED) is 0.775. The van der Waals surface area contributed by atoms with Gasteiger partial charge in [-0.25, -0.2) is 0 Å². The molecule has 0 aliphatic heterocycles. The van der Waals surface area contributed by atoms with Gasteiger partial charge >= 0.3 is 0 Å². The van der Waals surface area contributed by atoms with Crippen molar-refractivity contribution in [3.05, 3.63) is 55.1 Å². The van der Waals surface area contributed by atoms with E-state index in [1.54, 1.807) is 0 Å². The van der Waals surface area contributed by atoms with Crippen molar-refractivity contribution in [3.8, 4) is 0 Å². The van der Waals surface area contributed by atoms with Crippen molar-refractivity contribution < 1.29 is 0 Å². The minimum atomic E-state index is 0.442. The SMILES string of the molecule is Cc1ccc(CC(C)NCc2ccc(Br)cc2Cl)s1. The molecule has 1 atom stereocenters. The van der Waals surface area contributed by atoms with Gasteiger partial charge in [-0.1, -0.05) is 33.6 Å². The second-order valence-corrected chi connectivity index (χ2v) is 7.43. The van der Waals surface area contributed by atoms with Crippen LogP contribution in [0.25, 0.3) is 0 Å². The van der Waals surface area contributed by atoms with Gasteiger partial charge in [-0.15, -0.1) is 11.3 Å². The molecule has 19 heavy (non-hydrogen) atoms. The van der Waals surface area contributed by atoms with E-state index in [4.69, 9.17) is 11.6 Å². The average Bonchev–Trinajstić information content (AvgIpc) is 2.73. The molecule has 1 heterocycles. The summed E-state index contributed by atoms with van der Waals surface area (Å²) < 4.78 is 1.02. The standard InChI is InChI=1S/C15H17BrClNS/c1-10(7-14-6-3-11(2)19-14)18-9-12-4-5-13(16)8-15(12)17/h3-6,8,10,18H,7,9H2,1-2H3. The maximum absolute atomic E-state index is 6.21. The lowest BCUT2D eigenvalue weighted by molar-refractivity contribution is 0.548. The van der Waals surface area contributed by atoms with E-state index >= 15 is 0 Å². The molecule has 2 rings (SSSR count). The highest BCUT2D eigenvalue weighted by molar-refractivity contribution is 9.10. The second kappa shape index (κ2) is 6.89. The fourth-order valence-electron chi connectivity index (χ4n) is 1.92. The summed E-state index contributed by atoms with van der Waals surface area (Å²) in [5.74, 6) is 0. The lowest BCUT2D eigenvalue weighted by atomic mass is 10.1. The van der Waals surface area contributed by atoms with Crippen LogP contribution < -0.4 is 5.32 Å². The first-order valence-electron chi connectivity index (χ1n) is 6.27. The van der Waals surface area contributed by atoms with Crippen molar-refractivity contribution in [3.63, 3.8) is 0 Å². The van der Waals surface area contributed by atoms with Crippen molar-refractivity contribution in [1.82, 2.24) is 5.32 Å². The highest BCUT2D eigenvalue weighted by atomic mass is 79.9. The van der Waals surface area contributed by atoms with Crippen molar-refractivity contribution in [1.29, 1.82) is 0 Å². The molecule has 0 aliphatic carbocycles. The van der Waals surface area contributed by atoms with E-state index in [0.29, 0.717) is 6.04 Å². The van der Waals surface area contributed by atoms with Crippen molar-refractivity contribution in [2.24, 2.45) is 0 Å². The molecule has 1 nitrogen and oxygen atoms in total. The Labute approximate surface area is 132 Å². The molecule has 1 unspecified atom stereocenters. The Morgan fingerprint density at radius 3 is 2.74 bits per heavy atom. The summed E-state index contributed by atoms with van der Waals surface area (Å²) in [5.41, 5.74) is 1.14. The van der Waals surface area contributed by atoms with Crippen LogP contribution in [0.5, 0.6) is 0 Å². The average molecular weight is 359 g/mol. The van der Waals surface area contributed by atoms with Crippen LogP contribution >= 0.6 is 38.9 Å². The maximum atomic E-state index is 6.21. The summed E-state index contributed by atoms with van der Waals surface area (Å²) >= 11 is 11.5. The summed E-state index contributed by atoms with van der Waals surface area (Å²) in [7, 11) is 0. The largest absolute Gasteiger partial charge is 0.310 e. The lowest BCUT2D eigenvalue weighted by Gasteiger charge is -2.13. The fraction of sp³-hybridized carbons (Fsp3) is 0.333. The smallest absolute Gasteiger partial charge is 0.0462 e. The zero-order chi connectivity index (χ0) is 13.8. The topological polar surface area (TPSA) is 12.0 Å². The van der Waals surface area contributed by atoms with Crippen LogP contribution in [-0.4, -0.2) is 6.04 Å². The highest BCUT2D eigenvalue weighted by Gasteiger charge is 2.07. The second-order valence-electron chi connectivity index (χ2n) is 4.73. The Hall–Kier alpha value is -0.350. The van der Waals surface area contributed by atoms with E-state index in [1.165, 1.54) is 9.75 Å². The predicted octanol–water partition coefficient (Wildman–Crippen LogP) is 5.19. The van der Waals surface area contributed by atoms with E-state index in [-0.39, 0.29) is 0 Å². The third kappa shape index (κ3) is 4.60. The molecule has 1 N–H and O–H groups in total. The van der Waals surface area contributed by atoms with Gasteiger partial charge in [0, 0.05) is 31.8 Å². The van der Waals surface area contributed by atoms with Gasteiger partial charge in [-0.2, -0.15) is 0 Å². The first-order valence-corrected chi connectivity index (χ1v) is 8.26. The zero-order valence-corrected chi connectivity index (χ0v) is 14.2. The minimum Gasteiger partial charge on any atom is -0.310 e. The summed E-state index contributed by atoms with van der Waals surface area (Å²) in [4.78, 5) is 2.80. The number of nitrogens with one attached hydrogen (secondary N) is 1. The van der Waals surface area contributed by atoms with Crippen molar-refractivity contribution >= 4 is 38.9 Å². The van der Waals surface area contributed by atoms with Crippen molar-refractivity contribution in [2.45, 2.75) is 32.9 Å². The van der Waals surface area contributed by atoms with E-state index < -0.39 is 0 Å². The first kappa shape index (κ1) is 15.0. The van der Waals surface area contributed by atoms with E-state index in [0.717, 1.165) is 28.0 Å². The Bertz CT molecular complexity index is 553. The van der Waals surface area contributed by atoms with E-state index in [2.05, 4.69) is 53.3 Å². The van der Waals surface area contributed by atoms with Gasteiger partial charge in [0.25, 0.3) is 0 Å². The Balaban J connectivity index is 1.87. The number of benzene rings is 1. The molecule has 102 valence electrons. The molecule has 1 aromatic heterocycles. The van der Waals surface area contributed by atoms with Gasteiger partial charge in [0.2, 0.25) is 0 Å². The number of rotatable bonds is 5. The molecule has 0 amide bonds. The van der Waals surface area contributed by atoms with Crippen LogP contribution in [0.1, 0.15) is 22.2 Å². The molecular formula is C15H17BrClNS. The number of aryl methyl sites for hydroxylation is 1. The van der Waals surface area contributed by atoms with E-state index in [1.807, 2.05) is 23.5 Å². The zero-order valence-electron chi connectivity index (χ0n) is 11.0. The van der Waals surface area contributed by atoms with Crippen LogP contribution in [0.4, 0.5) is 0 Å². The Morgan fingerprint density at radius 1 is 1.32 bits per heavy atom. The minimum absolute atomic E-state index is 0.442. The van der Waals surface area contributed by atoms with Crippen LogP contribution in [0.3, 0.4) is 0 Å². The third-order valence-corrected chi connectivity index (χ3v) is 4.83. The lowest BCUT2D eigenvalue weighted by Crippen LogP contribution is -2.27. The van der Waals surface area contributed by atoms with Gasteiger partial charge in [0.15, 0.2) is 0 Å². The van der Waals surface area contributed by atoms with Crippen LogP contribution in [0, 0.1) is 6.92 Å².